The molecule has 2 N–H and O–H groups in total. The minimum Gasteiger partial charge on any atom is -0.481 e. The lowest BCUT2D eigenvalue weighted by Gasteiger charge is -2.14. The second-order valence-electron chi connectivity index (χ2n) is 4.17. The average Bonchev–Trinajstić information content (AvgIpc) is 2.34. The largest absolute Gasteiger partial charge is 0.481 e. The van der Waals surface area contributed by atoms with Crippen molar-refractivity contribution >= 4 is 33.3 Å². The zero-order valence-electron chi connectivity index (χ0n) is 10.4. The molecular weight excluding hydrogens is 316 g/mol. The zero-order valence-corrected chi connectivity index (χ0v) is 12.0. The number of carbonyl (C=O) groups is 1. The first-order chi connectivity index (χ1) is 8.93. The standard InChI is InChI=1S/C12H15BrN2O4/c1-2-8(5-12(16)17)7-14-10-4-3-9(13)6-11(10)15(18)19/h3-4,6,8,14H,2,5,7H2,1H3,(H,16,17). The van der Waals surface area contributed by atoms with Crippen LogP contribution in [0.5, 0.6) is 0 Å². The van der Waals surface area contributed by atoms with Gasteiger partial charge in [0.05, 0.1) is 4.92 Å². The van der Waals surface area contributed by atoms with Crippen molar-refractivity contribution in [3.05, 3.63) is 32.8 Å². The molecule has 1 atom stereocenters. The van der Waals surface area contributed by atoms with Crippen molar-refractivity contribution in [1.82, 2.24) is 0 Å². The van der Waals surface area contributed by atoms with Gasteiger partial charge in [-0.05, 0) is 18.1 Å². The highest BCUT2D eigenvalue weighted by Gasteiger charge is 2.16. The number of anilines is 1. The molecule has 0 saturated carbocycles. The Balaban J connectivity index is 2.76. The average molecular weight is 331 g/mol. The summed E-state index contributed by atoms with van der Waals surface area (Å²) in [6.07, 6.45) is 0.747. The minimum absolute atomic E-state index is 0.0282. The maximum atomic E-state index is 10.9. The van der Waals surface area contributed by atoms with E-state index in [1.807, 2.05) is 6.92 Å². The van der Waals surface area contributed by atoms with E-state index in [0.717, 1.165) is 0 Å². The molecule has 0 aliphatic rings. The second kappa shape index (κ2) is 7.08. The van der Waals surface area contributed by atoms with E-state index in [0.29, 0.717) is 23.1 Å². The number of nitrogens with one attached hydrogen (secondary N) is 1. The fourth-order valence-corrected chi connectivity index (χ4v) is 2.02. The van der Waals surface area contributed by atoms with E-state index in [4.69, 9.17) is 5.11 Å². The molecule has 0 fully saturated rings. The Hall–Kier alpha value is -1.63. The van der Waals surface area contributed by atoms with E-state index >= 15 is 0 Å². The molecule has 1 rings (SSSR count). The van der Waals surface area contributed by atoms with E-state index in [9.17, 15) is 14.9 Å². The Morgan fingerprint density at radius 2 is 2.26 bits per heavy atom. The normalized spacial score (nSPS) is 11.9. The lowest BCUT2D eigenvalue weighted by Crippen LogP contribution is -2.17. The molecule has 104 valence electrons. The van der Waals surface area contributed by atoms with Gasteiger partial charge in [0, 0.05) is 23.5 Å². The van der Waals surface area contributed by atoms with E-state index < -0.39 is 10.9 Å². The van der Waals surface area contributed by atoms with E-state index in [1.165, 1.54) is 6.07 Å². The van der Waals surface area contributed by atoms with E-state index in [2.05, 4.69) is 21.2 Å². The van der Waals surface area contributed by atoms with Crippen LogP contribution in [-0.4, -0.2) is 22.5 Å². The summed E-state index contributed by atoms with van der Waals surface area (Å²) in [7, 11) is 0. The van der Waals surface area contributed by atoms with Crippen LogP contribution < -0.4 is 5.32 Å². The van der Waals surface area contributed by atoms with Gasteiger partial charge in [-0.1, -0.05) is 29.3 Å². The Bertz CT molecular complexity index is 479. The van der Waals surface area contributed by atoms with Gasteiger partial charge in [0.1, 0.15) is 5.69 Å². The van der Waals surface area contributed by atoms with Crippen LogP contribution in [0.1, 0.15) is 19.8 Å². The quantitative estimate of drug-likeness (QED) is 0.591. The van der Waals surface area contributed by atoms with Crippen LogP contribution in [0.25, 0.3) is 0 Å². The van der Waals surface area contributed by atoms with Crippen molar-refractivity contribution in [2.24, 2.45) is 5.92 Å². The van der Waals surface area contributed by atoms with Gasteiger partial charge in [-0.15, -0.1) is 0 Å². The number of nitro benzene ring substituents is 1. The smallest absolute Gasteiger partial charge is 0.303 e. The highest BCUT2D eigenvalue weighted by Crippen LogP contribution is 2.28. The van der Waals surface area contributed by atoms with Gasteiger partial charge in [-0.3, -0.25) is 14.9 Å². The monoisotopic (exact) mass is 330 g/mol. The Labute approximate surface area is 119 Å². The van der Waals surface area contributed by atoms with Gasteiger partial charge < -0.3 is 10.4 Å². The van der Waals surface area contributed by atoms with Crippen LogP contribution >= 0.6 is 15.9 Å². The number of aliphatic carboxylic acids is 1. The van der Waals surface area contributed by atoms with Crippen LogP contribution in [0, 0.1) is 16.0 Å². The number of hydrogen-bond donors (Lipinski definition) is 2. The fourth-order valence-electron chi connectivity index (χ4n) is 1.67. The first-order valence-corrected chi connectivity index (χ1v) is 6.63. The van der Waals surface area contributed by atoms with Gasteiger partial charge >= 0.3 is 5.97 Å². The molecule has 0 amide bonds. The van der Waals surface area contributed by atoms with Gasteiger partial charge in [-0.2, -0.15) is 0 Å². The molecule has 1 unspecified atom stereocenters. The Morgan fingerprint density at radius 1 is 1.58 bits per heavy atom. The second-order valence-corrected chi connectivity index (χ2v) is 5.09. The van der Waals surface area contributed by atoms with Gasteiger partial charge in [-0.25, -0.2) is 0 Å². The number of carboxylic acid groups (broad SMARTS) is 1. The number of benzene rings is 1. The van der Waals surface area contributed by atoms with Gasteiger partial charge in [0.15, 0.2) is 0 Å². The van der Waals surface area contributed by atoms with Crippen molar-refractivity contribution in [3.63, 3.8) is 0 Å². The number of halogens is 1. The molecule has 1 aromatic rings. The SMILES string of the molecule is CCC(CNc1ccc(Br)cc1[N+](=O)[O-])CC(=O)O. The van der Waals surface area contributed by atoms with E-state index in [-0.39, 0.29) is 18.0 Å². The Morgan fingerprint density at radius 3 is 2.79 bits per heavy atom. The number of nitrogens with zero attached hydrogens (tertiary/aromatic N) is 1. The summed E-state index contributed by atoms with van der Waals surface area (Å²) in [5.41, 5.74) is 0.372. The summed E-state index contributed by atoms with van der Waals surface area (Å²) in [4.78, 5) is 21.1. The molecule has 6 nitrogen and oxygen atoms in total. The highest BCUT2D eigenvalue weighted by molar-refractivity contribution is 9.10. The third kappa shape index (κ3) is 4.86. The summed E-state index contributed by atoms with van der Waals surface area (Å²) in [6, 6.07) is 4.73. The van der Waals surface area contributed by atoms with Crippen LogP contribution in [-0.2, 0) is 4.79 Å². The maximum absolute atomic E-state index is 10.9. The number of rotatable bonds is 7. The molecule has 19 heavy (non-hydrogen) atoms. The summed E-state index contributed by atoms with van der Waals surface area (Å²) >= 11 is 3.18. The summed E-state index contributed by atoms with van der Waals surface area (Å²) in [5.74, 6) is -0.917. The summed E-state index contributed by atoms with van der Waals surface area (Å²) < 4.78 is 0.627. The third-order valence-electron chi connectivity index (χ3n) is 2.78. The molecule has 0 bridgehead atoms. The lowest BCUT2D eigenvalue weighted by molar-refractivity contribution is -0.384. The molecule has 7 heteroatoms. The highest BCUT2D eigenvalue weighted by atomic mass is 79.9. The maximum Gasteiger partial charge on any atom is 0.303 e. The van der Waals surface area contributed by atoms with Crippen molar-refractivity contribution in [3.8, 4) is 0 Å². The Kier molecular flexibility index (Phi) is 5.75. The van der Waals surface area contributed by atoms with Crippen molar-refractivity contribution in [2.75, 3.05) is 11.9 Å². The predicted molar refractivity (Wildman–Crippen MR) is 75.3 cm³/mol. The molecule has 0 spiro atoms. The van der Waals surface area contributed by atoms with Crippen LogP contribution in [0.4, 0.5) is 11.4 Å². The molecule has 0 aliphatic heterocycles. The third-order valence-corrected chi connectivity index (χ3v) is 3.27. The van der Waals surface area contributed by atoms with Crippen LogP contribution in [0.2, 0.25) is 0 Å². The fraction of sp³-hybridized carbons (Fsp3) is 0.417. The van der Waals surface area contributed by atoms with Gasteiger partial charge in [0.2, 0.25) is 0 Å². The van der Waals surface area contributed by atoms with Crippen molar-refractivity contribution in [1.29, 1.82) is 0 Å². The molecule has 0 saturated heterocycles. The number of nitro groups is 1. The molecule has 0 aromatic heterocycles. The summed E-state index contributed by atoms with van der Waals surface area (Å²) in [6.45, 7) is 2.29. The number of hydrogen-bond acceptors (Lipinski definition) is 4. The zero-order chi connectivity index (χ0) is 14.4. The molecule has 0 heterocycles. The van der Waals surface area contributed by atoms with Crippen molar-refractivity contribution in [2.45, 2.75) is 19.8 Å². The molecule has 0 radical (unpaired) electrons. The minimum atomic E-state index is -0.862. The van der Waals surface area contributed by atoms with Crippen LogP contribution in [0.3, 0.4) is 0 Å². The van der Waals surface area contributed by atoms with Crippen molar-refractivity contribution < 1.29 is 14.8 Å². The first-order valence-electron chi connectivity index (χ1n) is 5.83. The molecule has 0 aliphatic carbocycles. The molecule has 1 aromatic carbocycles. The lowest BCUT2D eigenvalue weighted by atomic mass is 10.0. The summed E-state index contributed by atoms with van der Waals surface area (Å²) in [5, 5.41) is 22.6. The predicted octanol–water partition coefficient (Wildman–Crippen LogP) is 3.27. The molecular formula is C12H15BrN2O4. The first kappa shape index (κ1) is 15.4. The van der Waals surface area contributed by atoms with E-state index in [1.54, 1.807) is 12.1 Å². The number of carboxylic acids is 1. The topological polar surface area (TPSA) is 92.5 Å². The van der Waals surface area contributed by atoms with Crippen LogP contribution in [0.15, 0.2) is 22.7 Å². The van der Waals surface area contributed by atoms with Gasteiger partial charge in [0.25, 0.3) is 5.69 Å².